The second kappa shape index (κ2) is 42.6. The number of pyridine rings is 9. The van der Waals surface area contributed by atoms with Gasteiger partial charge in [-0.2, -0.15) is 15.8 Å². The van der Waals surface area contributed by atoms with E-state index in [1.165, 1.54) is 38.0 Å². The van der Waals surface area contributed by atoms with Gasteiger partial charge in [0.15, 0.2) is 23.1 Å². The molecule has 3 N–H and O–H groups in total. The Labute approximate surface area is 879 Å². The Morgan fingerprint density at radius 1 is 0.383 bits per heavy atom. The number of amides is 3. The SMILES string of the molecule is C=CC(=O)N1[C@H](C)CN(c2c(C#N)c(=O)n(-c3c(C)ccnc3C(C)C)c3nc(-c4c(Cl)c(O)c(Cl)c(Cl)c4Cl)c(Cl)cc23)C[C@@H]1C.C=CC(=O)N1[C@H](C)CN(c2c(C#N)c(=O)n(-c3c(C)ccnc3C(C)C)c3nc(-c4c(Cl)c(O)c(Cl)c(Cl)c4Cl)c(Cl)cc23)C[C@@H]1C.C=CC(=O)N1[C@H](C)CN(c2c(C#N)c(=O)n(-c3c(C)ccnc3C(C)C)c3nc(-c4c(F)c(O)c(Cl)c(Cl)c4Cl)c(Cl)cc23)C[C@@H]1C. The quantitative estimate of drug-likeness (QED) is 0.0487. The number of nitrogens with zero attached hydrogens (tertiary/aromatic N) is 18. The molecule has 15 rings (SSSR count). The van der Waals surface area contributed by atoms with E-state index in [2.05, 4.69) is 52.9 Å². The zero-order chi connectivity index (χ0) is 104. The van der Waals surface area contributed by atoms with Gasteiger partial charge >= 0.3 is 0 Å². The first-order chi connectivity index (χ1) is 66.5. The molecule has 0 unspecified atom stereocenters. The van der Waals surface area contributed by atoms with Crippen LogP contribution < -0.4 is 31.4 Å². The molecule has 3 fully saturated rings. The third kappa shape index (κ3) is 19.0. The second-order valence-electron chi connectivity index (χ2n) is 35.1. The van der Waals surface area contributed by atoms with Gasteiger partial charge in [-0.1, -0.05) is 224 Å². The number of rotatable bonds is 15. The fraction of sp³-hybridized carbons (Fsp3) is 0.303. The molecule has 6 atom stereocenters. The van der Waals surface area contributed by atoms with Crippen LogP contribution in [0.3, 0.4) is 0 Å². The average molecular weight is 2190 g/mol. The van der Waals surface area contributed by atoms with Gasteiger partial charge in [0.1, 0.15) is 66.9 Å². The summed E-state index contributed by atoms with van der Waals surface area (Å²) in [5.41, 5.74) is 3.30. The van der Waals surface area contributed by atoms with E-state index >= 15 is 4.39 Å². The smallest absolute Gasteiger partial charge is 0.276 e. The van der Waals surface area contributed by atoms with Gasteiger partial charge in [0.05, 0.1) is 129 Å². The number of phenolic OH excluding ortho intramolecular Hbond substituents is 3. The number of aromatic hydroxyl groups is 3. The van der Waals surface area contributed by atoms with Crippen molar-refractivity contribution in [1.29, 1.82) is 15.8 Å². The molecule has 141 heavy (non-hydrogen) atoms. The molecule has 0 bridgehead atoms. The van der Waals surface area contributed by atoms with E-state index in [1.54, 1.807) is 70.5 Å². The van der Waals surface area contributed by atoms with Crippen molar-refractivity contribution >= 4 is 230 Å². The lowest BCUT2D eigenvalue weighted by Crippen LogP contribution is -2.58. The summed E-state index contributed by atoms with van der Waals surface area (Å²) in [6.07, 6.45) is 8.72. The van der Waals surface area contributed by atoms with Crippen molar-refractivity contribution in [3.63, 3.8) is 0 Å². The molecule has 3 amide bonds. The van der Waals surface area contributed by atoms with E-state index in [0.717, 1.165) is 0 Å². The molecular weight excluding hydrogens is 2100 g/mol. The van der Waals surface area contributed by atoms with Gasteiger partial charge in [-0.15, -0.1) is 0 Å². The number of nitriles is 3. The molecule has 12 aromatic rings. The minimum Gasteiger partial charge on any atom is -0.505 e. The standard InChI is InChI=1S/2C33H29Cl5N6O3.C33H29Cl4FN6O3/c2*1-7-21(45)43-16(5)12-42(13-17(43)6)30-18-10-20(34)28(22-23(35)25(37)26(38)31(46)24(22)36)41-32(18)44(33(47)19(30)11-39)29-15(4)8-9-40-27(29)14(2)3;1-7-21(45)43-16(5)12-42(13-17(43)6)30-18-10-20(34)28(22-23(35)24(36)25(37)31(46)26(22)38)41-32(18)44(33(47)19(30)11-39)29-15(4)8-9-40-27(29)14(2)3/h3*7-10,14,16-17,46H,1,12-13H2,2-6H3/t3*16-,17+. The predicted octanol–water partition coefficient (Wildman–Crippen LogP) is 24.5. The highest BCUT2D eigenvalue weighted by atomic mass is 35.5. The number of anilines is 3. The topological polar surface area (TPSA) is 346 Å². The summed E-state index contributed by atoms with van der Waals surface area (Å²) in [6, 6.07) is 14.5. The zero-order valence-electron chi connectivity index (χ0n) is 78.0. The van der Waals surface area contributed by atoms with Crippen molar-refractivity contribution in [3.05, 3.63) is 251 Å². The van der Waals surface area contributed by atoms with Crippen LogP contribution in [0.1, 0.15) is 151 Å². The van der Waals surface area contributed by atoms with Crippen LogP contribution in [0.2, 0.25) is 70.3 Å². The summed E-state index contributed by atoms with van der Waals surface area (Å²) < 4.78 is 19.7. The van der Waals surface area contributed by atoms with Crippen LogP contribution in [0, 0.1) is 60.6 Å². The molecule has 0 radical (unpaired) electrons. The van der Waals surface area contributed by atoms with Gasteiger partial charge in [0.2, 0.25) is 17.7 Å². The van der Waals surface area contributed by atoms with E-state index < -0.39 is 50.3 Å². The molecule has 27 nitrogen and oxygen atoms in total. The second-order valence-corrected chi connectivity index (χ2v) is 40.5. The summed E-state index contributed by atoms with van der Waals surface area (Å²) in [4.78, 5) is 121. The summed E-state index contributed by atoms with van der Waals surface area (Å²) in [5.74, 6) is -4.26. The third-order valence-corrected chi connectivity index (χ3v) is 30.3. The molecule has 0 aliphatic carbocycles. The number of phenols is 3. The molecule has 0 saturated carbocycles. The number of fused-ring (bicyclic) bond motifs is 3. The summed E-state index contributed by atoms with van der Waals surface area (Å²) in [6.45, 7) is 40.9. The fourth-order valence-electron chi connectivity index (χ4n) is 18.7. The first kappa shape index (κ1) is 107. The fourth-order valence-corrected chi connectivity index (χ4v) is 22.3. The van der Waals surface area contributed by atoms with Gasteiger partial charge in [0, 0.05) is 121 Å². The van der Waals surface area contributed by atoms with Crippen LogP contribution in [0.15, 0.2) is 107 Å². The average Bonchev–Trinajstić information content (AvgIpc) is 0.725. The number of hydrogen-bond acceptors (Lipinski definition) is 21. The molecule has 12 heterocycles. The first-order valence-corrected chi connectivity index (χ1v) is 49.0. The lowest BCUT2D eigenvalue weighted by atomic mass is 10.0. The van der Waals surface area contributed by atoms with E-state index in [1.807, 2.05) is 112 Å². The molecule has 3 saturated heterocycles. The van der Waals surface area contributed by atoms with Crippen LogP contribution >= 0.6 is 162 Å². The van der Waals surface area contributed by atoms with Crippen molar-refractivity contribution < 1.29 is 34.1 Å². The molecule has 732 valence electrons. The van der Waals surface area contributed by atoms with Crippen molar-refractivity contribution in [2.24, 2.45) is 0 Å². The Morgan fingerprint density at radius 3 is 0.851 bits per heavy atom. The Hall–Kier alpha value is -10.9. The lowest BCUT2D eigenvalue weighted by molar-refractivity contribution is -0.131. The number of aryl methyl sites for hydroxylation is 3. The summed E-state index contributed by atoms with van der Waals surface area (Å²) in [7, 11) is 0. The third-order valence-electron chi connectivity index (χ3n) is 24.8. The Morgan fingerprint density at radius 2 is 0.617 bits per heavy atom. The summed E-state index contributed by atoms with van der Waals surface area (Å²) >= 11 is 90.7. The first-order valence-electron chi connectivity index (χ1n) is 43.7. The van der Waals surface area contributed by atoms with Crippen LogP contribution in [0.25, 0.3) is 83.9 Å². The minimum atomic E-state index is -1.22. The number of hydrogen-bond donors (Lipinski definition) is 3. The van der Waals surface area contributed by atoms with Crippen molar-refractivity contribution in [2.45, 2.75) is 158 Å². The number of carbonyl (C=O) groups is 3. The predicted molar refractivity (Wildman–Crippen MR) is 562 cm³/mol. The van der Waals surface area contributed by atoms with Crippen LogP contribution in [0.5, 0.6) is 17.2 Å². The highest BCUT2D eigenvalue weighted by Crippen LogP contribution is 2.55. The molecule has 3 aliphatic rings. The van der Waals surface area contributed by atoms with Gasteiger partial charge < -0.3 is 44.7 Å². The molecule has 3 aromatic carbocycles. The lowest BCUT2D eigenvalue weighted by Gasteiger charge is -2.45. The molecule has 0 spiro atoms. The molecule has 42 heteroatoms. The molecule has 9 aromatic heterocycles. The van der Waals surface area contributed by atoms with Gasteiger partial charge in [-0.05, 0) is 151 Å². The largest absolute Gasteiger partial charge is 0.505 e. The van der Waals surface area contributed by atoms with Crippen molar-refractivity contribution in [2.75, 3.05) is 54.0 Å². The van der Waals surface area contributed by atoms with Crippen molar-refractivity contribution in [1.82, 2.24) is 58.3 Å². The normalized spacial score (nSPS) is 16.6. The molecule has 3 aliphatic heterocycles. The Balaban J connectivity index is 0.000000178. The number of benzene rings is 3. The van der Waals surface area contributed by atoms with E-state index in [0.29, 0.717) is 105 Å². The van der Waals surface area contributed by atoms with Gasteiger partial charge in [-0.25, -0.2) is 19.3 Å². The van der Waals surface area contributed by atoms with Crippen LogP contribution in [0.4, 0.5) is 21.5 Å². The number of carbonyl (C=O) groups excluding carboxylic acids is 3. The maximum absolute atomic E-state index is 15.7. The minimum absolute atomic E-state index is 0.00262. The van der Waals surface area contributed by atoms with Gasteiger partial charge in [-0.3, -0.25) is 57.4 Å². The van der Waals surface area contributed by atoms with Crippen LogP contribution in [-0.4, -0.2) is 167 Å². The zero-order valence-corrected chi connectivity index (χ0v) is 88.6. The number of halogens is 15. The van der Waals surface area contributed by atoms with E-state index in [9.17, 15) is 59.9 Å². The Kier molecular flexibility index (Phi) is 32.4. The number of piperazine rings is 3. The Bertz CT molecular complexity index is 6860. The van der Waals surface area contributed by atoms with Gasteiger partial charge in [0.25, 0.3) is 16.7 Å². The number of aromatic nitrogens is 9. The van der Waals surface area contributed by atoms with E-state index in [-0.39, 0.29) is 218 Å². The maximum atomic E-state index is 15.7. The highest BCUT2D eigenvalue weighted by molar-refractivity contribution is 6.54. The monoisotopic (exact) mass is 2180 g/mol. The molecular formula is C99H87Cl14FN18O9. The highest BCUT2D eigenvalue weighted by Gasteiger charge is 2.42. The maximum Gasteiger partial charge on any atom is 0.276 e. The summed E-state index contributed by atoms with van der Waals surface area (Å²) in [5, 5.41) is 61.7. The van der Waals surface area contributed by atoms with E-state index in [4.69, 9.17) is 177 Å². The van der Waals surface area contributed by atoms with Crippen LogP contribution in [-0.2, 0) is 14.4 Å². The van der Waals surface area contributed by atoms with Crippen molar-refractivity contribution in [3.8, 4) is 86.3 Å².